The van der Waals surface area contributed by atoms with E-state index in [1.54, 1.807) is 24.1 Å². The van der Waals surface area contributed by atoms with Crippen molar-refractivity contribution in [3.8, 4) is 0 Å². The van der Waals surface area contributed by atoms with Crippen LogP contribution in [-0.4, -0.2) is 22.4 Å². The standard InChI is InChI=1S/C17H20BrFN2O/c1-11(2)21-10-14(18)9-16(21)17(22)20(4)12(3)13-5-7-15(19)8-6-13/h5-12H,1-4H3. The van der Waals surface area contributed by atoms with Gasteiger partial charge in [0.25, 0.3) is 5.91 Å². The second-order valence-electron chi connectivity index (χ2n) is 5.69. The van der Waals surface area contributed by atoms with Crippen molar-refractivity contribution in [3.05, 3.63) is 58.1 Å². The van der Waals surface area contributed by atoms with Crippen molar-refractivity contribution in [2.24, 2.45) is 0 Å². The third-order valence-corrected chi connectivity index (χ3v) is 4.28. The Labute approximate surface area is 138 Å². The van der Waals surface area contributed by atoms with Gasteiger partial charge in [-0.25, -0.2) is 4.39 Å². The molecule has 0 saturated heterocycles. The van der Waals surface area contributed by atoms with Gasteiger partial charge in [0.2, 0.25) is 0 Å². The first-order valence-electron chi connectivity index (χ1n) is 7.21. The Kier molecular flexibility index (Phi) is 5.06. The highest BCUT2D eigenvalue weighted by Gasteiger charge is 2.23. The fraction of sp³-hybridized carbons (Fsp3) is 0.353. The van der Waals surface area contributed by atoms with E-state index in [4.69, 9.17) is 0 Å². The lowest BCUT2D eigenvalue weighted by Crippen LogP contribution is -2.31. The average Bonchev–Trinajstić information content (AvgIpc) is 2.88. The molecule has 1 unspecified atom stereocenters. The van der Waals surface area contributed by atoms with Crippen LogP contribution in [0.25, 0.3) is 0 Å². The molecule has 3 nitrogen and oxygen atoms in total. The van der Waals surface area contributed by atoms with Crippen molar-refractivity contribution < 1.29 is 9.18 Å². The Morgan fingerprint density at radius 3 is 2.36 bits per heavy atom. The van der Waals surface area contributed by atoms with Gasteiger partial charge in [0, 0.05) is 23.8 Å². The second-order valence-corrected chi connectivity index (χ2v) is 6.60. The summed E-state index contributed by atoms with van der Waals surface area (Å²) in [4.78, 5) is 14.4. The van der Waals surface area contributed by atoms with Crippen molar-refractivity contribution in [2.45, 2.75) is 32.9 Å². The number of amides is 1. The minimum absolute atomic E-state index is 0.0591. The molecule has 1 heterocycles. The Morgan fingerprint density at radius 2 is 1.82 bits per heavy atom. The van der Waals surface area contributed by atoms with Crippen LogP contribution in [0.5, 0.6) is 0 Å². The summed E-state index contributed by atoms with van der Waals surface area (Å²) >= 11 is 3.43. The SMILES string of the molecule is CC(c1ccc(F)cc1)N(C)C(=O)c1cc(Br)cn1C(C)C. The maximum Gasteiger partial charge on any atom is 0.270 e. The van der Waals surface area contributed by atoms with Gasteiger partial charge in [0.05, 0.1) is 6.04 Å². The highest BCUT2D eigenvalue weighted by molar-refractivity contribution is 9.10. The van der Waals surface area contributed by atoms with Crippen molar-refractivity contribution >= 4 is 21.8 Å². The summed E-state index contributed by atoms with van der Waals surface area (Å²) in [6.07, 6.45) is 1.91. The zero-order valence-corrected chi connectivity index (χ0v) is 14.8. The van der Waals surface area contributed by atoms with Crippen molar-refractivity contribution in [2.75, 3.05) is 7.05 Å². The molecule has 0 saturated carbocycles. The van der Waals surface area contributed by atoms with Gasteiger partial charge in [-0.15, -0.1) is 0 Å². The predicted molar refractivity (Wildman–Crippen MR) is 89.4 cm³/mol. The molecule has 0 bridgehead atoms. The molecule has 2 aromatic rings. The second kappa shape index (κ2) is 6.65. The number of benzene rings is 1. The van der Waals surface area contributed by atoms with Gasteiger partial charge in [-0.3, -0.25) is 4.79 Å². The topological polar surface area (TPSA) is 25.2 Å². The molecule has 0 fully saturated rings. The number of rotatable bonds is 4. The van der Waals surface area contributed by atoms with Crippen molar-refractivity contribution in [1.29, 1.82) is 0 Å². The molecule has 118 valence electrons. The number of aromatic nitrogens is 1. The third kappa shape index (κ3) is 3.40. The molecule has 1 aromatic heterocycles. The smallest absolute Gasteiger partial charge is 0.270 e. The van der Waals surface area contributed by atoms with Gasteiger partial charge in [0.1, 0.15) is 11.5 Å². The monoisotopic (exact) mass is 366 g/mol. The molecule has 0 spiro atoms. The number of nitrogens with zero attached hydrogens (tertiary/aromatic N) is 2. The van der Waals surface area contributed by atoms with Crippen LogP contribution in [0.4, 0.5) is 4.39 Å². The molecule has 1 atom stereocenters. The van der Waals surface area contributed by atoms with Crippen LogP contribution in [0.3, 0.4) is 0 Å². The molecule has 5 heteroatoms. The van der Waals surface area contributed by atoms with E-state index >= 15 is 0 Å². The molecule has 0 aliphatic carbocycles. The zero-order valence-electron chi connectivity index (χ0n) is 13.2. The van der Waals surface area contributed by atoms with Gasteiger partial charge in [-0.2, -0.15) is 0 Å². The van der Waals surface area contributed by atoms with Gasteiger partial charge in [0.15, 0.2) is 0 Å². The van der Waals surface area contributed by atoms with Crippen LogP contribution in [0.15, 0.2) is 41.0 Å². The zero-order chi connectivity index (χ0) is 16.4. The Balaban J connectivity index is 2.27. The number of carbonyl (C=O) groups excluding carboxylic acids is 1. The molecule has 1 aromatic carbocycles. The first kappa shape index (κ1) is 16.7. The van der Waals surface area contributed by atoms with Gasteiger partial charge < -0.3 is 9.47 Å². The summed E-state index contributed by atoms with van der Waals surface area (Å²) in [5.74, 6) is -0.334. The summed E-state index contributed by atoms with van der Waals surface area (Å²) in [7, 11) is 1.77. The van der Waals surface area contributed by atoms with Crippen molar-refractivity contribution in [1.82, 2.24) is 9.47 Å². The van der Waals surface area contributed by atoms with E-state index in [1.165, 1.54) is 12.1 Å². The fourth-order valence-corrected chi connectivity index (χ4v) is 2.80. The molecule has 2 rings (SSSR count). The molecular weight excluding hydrogens is 347 g/mol. The number of halogens is 2. The fourth-order valence-electron chi connectivity index (χ4n) is 2.37. The molecular formula is C17H20BrFN2O. The van der Waals surface area contributed by atoms with E-state index in [0.717, 1.165) is 10.0 Å². The Morgan fingerprint density at radius 1 is 1.23 bits per heavy atom. The minimum Gasteiger partial charge on any atom is -0.340 e. The lowest BCUT2D eigenvalue weighted by atomic mass is 10.1. The first-order chi connectivity index (χ1) is 10.3. The number of carbonyl (C=O) groups is 1. The van der Waals surface area contributed by atoms with Crippen LogP contribution >= 0.6 is 15.9 Å². The van der Waals surface area contributed by atoms with Gasteiger partial charge in [-0.05, 0) is 60.5 Å². The van der Waals surface area contributed by atoms with Crippen LogP contribution in [0.1, 0.15) is 48.9 Å². The van der Waals surface area contributed by atoms with E-state index in [9.17, 15) is 9.18 Å². The number of hydrogen-bond acceptors (Lipinski definition) is 1. The first-order valence-corrected chi connectivity index (χ1v) is 8.00. The summed E-state index contributed by atoms with van der Waals surface area (Å²) < 4.78 is 15.9. The molecule has 1 amide bonds. The van der Waals surface area contributed by atoms with E-state index in [0.29, 0.717) is 5.69 Å². The van der Waals surface area contributed by atoms with Crippen LogP contribution < -0.4 is 0 Å². The number of hydrogen-bond donors (Lipinski definition) is 0. The third-order valence-electron chi connectivity index (χ3n) is 3.84. The summed E-state index contributed by atoms with van der Waals surface area (Å²) in [6, 6.07) is 8.13. The molecule has 0 aliphatic rings. The highest BCUT2D eigenvalue weighted by Crippen LogP contribution is 2.25. The highest BCUT2D eigenvalue weighted by atomic mass is 79.9. The molecule has 22 heavy (non-hydrogen) atoms. The van der Waals surface area contributed by atoms with Crippen LogP contribution in [-0.2, 0) is 0 Å². The van der Waals surface area contributed by atoms with Gasteiger partial charge in [-0.1, -0.05) is 12.1 Å². The van der Waals surface area contributed by atoms with E-state index in [-0.39, 0.29) is 23.8 Å². The molecule has 0 N–H and O–H groups in total. The van der Waals surface area contributed by atoms with Crippen molar-refractivity contribution in [3.63, 3.8) is 0 Å². The largest absolute Gasteiger partial charge is 0.340 e. The molecule has 0 aliphatic heterocycles. The van der Waals surface area contributed by atoms with E-state index in [1.807, 2.05) is 37.6 Å². The van der Waals surface area contributed by atoms with E-state index < -0.39 is 0 Å². The predicted octanol–water partition coefficient (Wildman–Crippen LogP) is 4.80. The lowest BCUT2D eigenvalue weighted by Gasteiger charge is -2.26. The van der Waals surface area contributed by atoms with Crippen LogP contribution in [0, 0.1) is 5.82 Å². The maximum absolute atomic E-state index is 13.0. The summed E-state index contributed by atoms with van der Waals surface area (Å²) in [5.41, 5.74) is 1.54. The Bertz CT molecular complexity index is 664. The Hall–Kier alpha value is -1.62. The summed E-state index contributed by atoms with van der Waals surface area (Å²) in [6.45, 7) is 6.00. The minimum atomic E-state index is -0.275. The molecule has 0 radical (unpaired) electrons. The lowest BCUT2D eigenvalue weighted by molar-refractivity contribution is 0.0730. The summed E-state index contributed by atoms with van der Waals surface area (Å²) in [5, 5.41) is 0. The van der Waals surface area contributed by atoms with Gasteiger partial charge >= 0.3 is 0 Å². The normalized spacial score (nSPS) is 12.5. The maximum atomic E-state index is 13.0. The van der Waals surface area contributed by atoms with Crippen LogP contribution in [0.2, 0.25) is 0 Å². The quantitative estimate of drug-likeness (QED) is 0.762. The van der Waals surface area contributed by atoms with E-state index in [2.05, 4.69) is 15.9 Å². The average molecular weight is 367 g/mol.